The normalized spacial score (nSPS) is 17.1. The number of aromatic nitrogens is 2. The summed E-state index contributed by atoms with van der Waals surface area (Å²) in [6.07, 6.45) is 1.88. The summed E-state index contributed by atoms with van der Waals surface area (Å²) in [4.78, 5) is 30.9. The summed E-state index contributed by atoms with van der Waals surface area (Å²) in [6.45, 7) is 8.33. The van der Waals surface area contributed by atoms with Crippen molar-refractivity contribution in [1.29, 1.82) is 0 Å². The molecule has 0 aliphatic carbocycles. The third-order valence-corrected chi connectivity index (χ3v) is 4.87. The molecule has 1 N–H and O–H groups in total. The highest BCUT2D eigenvalue weighted by molar-refractivity contribution is 5.80. The second-order valence-corrected chi connectivity index (χ2v) is 8.34. The number of rotatable bonds is 2. The molecule has 1 saturated heterocycles. The molecule has 1 aromatic heterocycles. The Morgan fingerprint density at radius 1 is 1.30 bits per heavy atom. The van der Waals surface area contributed by atoms with E-state index in [0.717, 1.165) is 5.56 Å². The first-order chi connectivity index (χ1) is 12.6. The predicted molar refractivity (Wildman–Crippen MR) is 103 cm³/mol. The van der Waals surface area contributed by atoms with Crippen molar-refractivity contribution in [1.82, 2.24) is 14.5 Å². The van der Waals surface area contributed by atoms with E-state index in [4.69, 9.17) is 4.74 Å². The first-order valence-electron chi connectivity index (χ1n) is 9.23. The summed E-state index contributed by atoms with van der Waals surface area (Å²) in [5, 5.41) is 11.5. The molecule has 1 fully saturated rings. The number of carbonyl (C=O) groups is 1. The van der Waals surface area contributed by atoms with Gasteiger partial charge < -0.3 is 14.7 Å². The average Bonchev–Trinajstić information content (AvgIpc) is 2.57. The van der Waals surface area contributed by atoms with Crippen molar-refractivity contribution >= 4 is 17.0 Å². The molecule has 0 saturated carbocycles. The molecule has 2 aromatic rings. The van der Waals surface area contributed by atoms with Gasteiger partial charge in [-0.3, -0.25) is 9.36 Å². The molecule has 7 heteroatoms. The number of ether oxygens (including phenoxy) is 1. The third-order valence-electron chi connectivity index (χ3n) is 4.87. The number of benzene rings is 1. The van der Waals surface area contributed by atoms with Crippen LogP contribution in [0.15, 0.2) is 29.3 Å². The van der Waals surface area contributed by atoms with Crippen LogP contribution in [0.2, 0.25) is 0 Å². The minimum Gasteiger partial charge on any atom is -0.444 e. The van der Waals surface area contributed by atoms with Crippen molar-refractivity contribution in [3.8, 4) is 0 Å². The van der Waals surface area contributed by atoms with Gasteiger partial charge in [0.2, 0.25) is 0 Å². The van der Waals surface area contributed by atoms with E-state index < -0.39 is 11.2 Å². The maximum atomic E-state index is 12.8. The fourth-order valence-electron chi connectivity index (χ4n) is 3.36. The monoisotopic (exact) mass is 373 g/mol. The molecular formula is C20H27N3O4. The number of hydrogen-bond donors (Lipinski definition) is 1. The first kappa shape index (κ1) is 19.4. The molecule has 7 nitrogen and oxygen atoms in total. The number of aliphatic hydroxyl groups is 1. The summed E-state index contributed by atoms with van der Waals surface area (Å²) >= 11 is 0. The Labute approximate surface area is 158 Å². The topological polar surface area (TPSA) is 84.7 Å². The lowest BCUT2D eigenvalue weighted by atomic mass is 9.91. The number of hydrogen-bond acceptors (Lipinski definition) is 5. The van der Waals surface area contributed by atoms with Crippen LogP contribution in [0.4, 0.5) is 4.79 Å². The van der Waals surface area contributed by atoms with Gasteiger partial charge in [-0.15, -0.1) is 0 Å². The summed E-state index contributed by atoms with van der Waals surface area (Å²) in [5.74, 6) is 0. The van der Waals surface area contributed by atoms with Gasteiger partial charge in [-0.1, -0.05) is 12.1 Å². The molecule has 1 aromatic carbocycles. The lowest BCUT2D eigenvalue weighted by Crippen LogP contribution is -2.50. The molecule has 146 valence electrons. The minimum absolute atomic E-state index is 0.158. The Morgan fingerprint density at radius 2 is 1.96 bits per heavy atom. The molecule has 0 radical (unpaired) electrons. The number of para-hydroxylation sites is 1. The largest absolute Gasteiger partial charge is 0.444 e. The van der Waals surface area contributed by atoms with Crippen molar-refractivity contribution in [2.24, 2.45) is 0 Å². The highest BCUT2D eigenvalue weighted by Gasteiger charge is 2.36. The fraction of sp³-hybridized carbons (Fsp3) is 0.550. The molecule has 0 bridgehead atoms. The second kappa shape index (κ2) is 6.96. The van der Waals surface area contributed by atoms with Crippen molar-refractivity contribution < 1.29 is 14.6 Å². The van der Waals surface area contributed by atoms with Gasteiger partial charge in [-0.05, 0) is 52.2 Å². The van der Waals surface area contributed by atoms with Gasteiger partial charge in [0.1, 0.15) is 5.60 Å². The lowest BCUT2D eigenvalue weighted by Gasteiger charge is -2.38. The molecular weight excluding hydrogens is 346 g/mol. The summed E-state index contributed by atoms with van der Waals surface area (Å²) in [7, 11) is 0. The van der Waals surface area contributed by atoms with Gasteiger partial charge in [0.15, 0.2) is 0 Å². The van der Waals surface area contributed by atoms with Gasteiger partial charge in [0, 0.05) is 13.1 Å². The van der Waals surface area contributed by atoms with E-state index in [1.807, 2.05) is 39.8 Å². The Hall–Kier alpha value is -2.41. The summed E-state index contributed by atoms with van der Waals surface area (Å²) in [5.41, 5.74) is -0.132. The number of likely N-dealkylation sites (tertiary alicyclic amines) is 1. The Balaban J connectivity index is 1.72. The number of amides is 1. The number of carbonyl (C=O) groups excluding carboxylic acids is 1. The first-order valence-corrected chi connectivity index (χ1v) is 9.23. The molecule has 0 spiro atoms. The highest BCUT2D eigenvalue weighted by atomic mass is 16.6. The summed E-state index contributed by atoms with van der Waals surface area (Å²) in [6, 6.07) is 5.50. The molecule has 27 heavy (non-hydrogen) atoms. The number of piperidine rings is 1. The van der Waals surface area contributed by atoms with Crippen molar-refractivity contribution in [3.63, 3.8) is 0 Å². The van der Waals surface area contributed by atoms with Crippen molar-refractivity contribution in [2.75, 3.05) is 13.1 Å². The Bertz CT molecular complexity index is 906. The molecule has 1 amide bonds. The van der Waals surface area contributed by atoms with Crippen LogP contribution in [-0.4, -0.2) is 49.9 Å². The quantitative estimate of drug-likeness (QED) is 0.874. The van der Waals surface area contributed by atoms with Gasteiger partial charge in [-0.25, -0.2) is 9.78 Å². The number of nitrogens with zero attached hydrogens (tertiary/aromatic N) is 3. The molecule has 0 atom stereocenters. The van der Waals surface area contributed by atoms with E-state index in [9.17, 15) is 14.7 Å². The van der Waals surface area contributed by atoms with Gasteiger partial charge in [-0.2, -0.15) is 0 Å². The van der Waals surface area contributed by atoms with Crippen molar-refractivity contribution in [2.45, 2.75) is 58.3 Å². The van der Waals surface area contributed by atoms with E-state index >= 15 is 0 Å². The van der Waals surface area contributed by atoms with E-state index in [1.165, 1.54) is 10.9 Å². The fourth-order valence-corrected chi connectivity index (χ4v) is 3.36. The molecule has 1 aliphatic heterocycles. The van der Waals surface area contributed by atoms with Crippen LogP contribution in [0, 0.1) is 6.92 Å². The average molecular weight is 373 g/mol. The van der Waals surface area contributed by atoms with Crippen LogP contribution < -0.4 is 5.56 Å². The zero-order valence-electron chi connectivity index (χ0n) is 16.4. The Kier molecular flexibility index (Phi) is 4.99. The van der Waals surface area contributed by atoms with E-state index in [0.29, 0.717) is 36.8 Å². The van der Waals surface area contributed by atoms with Crippen LogP contribution in [0.3, 0.4) is 0 Å². The van der Waals surface area contributed by atoms with Crippen LogP contribution in [0.1, 0.15) is 39.2 Å². The lowest BCUT2D eigenvalue weighted by molar-refractivity contribution is -0.0419. The highest BCUT2D eigenvalue weighted by Crippen LogP contribution is 2.25. The minimum atomic E-state index is -1.05. The second-order valence-electron chi connectivity index (χ2n) is 8.34. The van der Waals surface area contributed by atoms with Gasteiger partial charge >= 0.3 is 6.09 Å². The van der Waals surface area contributed by atoms with Crippen LogP contribution in [0.25, 0.3) is 10.9 Å². The standard InChI is InChI=1S/C20H27N3O4/c1-14-6-5-7-15-16(14)21-13-23(17(15)24)12-20(26)8-10-22(11-9-20)18(25)27-19(2,3)4/h5-7,13,26H,8-12H2,1-4H3. The smallest absolute Gasteiger partial charge is 0.410 e. The van der Waals surface area contributed by atoms with E-state index in [2.05, 4.69) is 4.98 Å². The third kappa shape index (κ3) is 4.30. The SMILES string of the molecule is Cc1cccc2c(=O)n(CC3(O)CCN(C(=O)OC(C)(C)C)CC3)cnc12. The van der Waals surface area contributed by atoms with Crippen molar-refractivity contribution in [3.05, 3.63) is 40.4 Å². The van der Waals surface area contributed by atoms with Gasteiger partial charge in [0.25, 0.3) is 5.56 Å². The van der Waals surface area contributed by atoms with Crippen LogP contribution in [-0.2, 0) is 11.3 Å². The molecule has 0 unspecified atom stereocenters. The maximum Gasteiger partial charge on any atom is 0.410 e. The van der Waals surface area contributed by atoms with Gasteiger partial charge in [0.05, 0.1) is 29.4 Å². The summed E-state index contributed by atoms with van der Waals surface area (Å²) < 4.78 is 6.85. The zero-order valence-corrected chi connectivity index (χ0v) is 16.4. The van der Waals surface area contributed by atoms with Crippen LogP contribution in [0.5, 0.6) is 0 Å². The number of fused-ring (bicyclic) bond motifs is 1. The Morgan fingerprint density at radius 3 is 2.59 bits per heavy atom. The molecule has 1 aliphatic rings. The maximum absolute atomic E-state index is 12.8. The zero-order chi connectivity index (χ0) is 19.8. The predicted octanol–water partition coefficient (Wildman–Crippen LogP) is 2.47. The molecule has 3 rings (SSSR count). The molecule has 2 heterocycles. The van der Waals surface area contributed by atoms with E-state index in [1.54, 1.807) is 11.0 Å². The van der Waals surface area contributed by atoms with E-state index in [-0.39, 0.29) is 18.2 Å². The van der Waals surface area contributed by atoms with Crippen LogP contribution >= 0.6 is 0 Å². The number of aryl methyl sites for hydroxylation is 1.